The highest BCUT2D eigenvalue weighted by atomic mass is 31.2. The Kier molecular flexibility index (Phi) is 31.4. The fourth-order valence-corrected chi connectivity index (χ4v) is 4.70. The molecule has 0 amide bonds. The van der Waals surface area contributed by atoms with E-state index < -0.39 is 32.5 Å². The molecule has 292 valence electrons. The van der Waals surface area contributed by atoms with Gasteiger partial charge >= 0.3 is 11.9 Å². The van der Waals surface area contributed by atoms with Crippen LogP contribution in [0.25, 0.3) is 0 Å². The molecule has 0 saturated carbocycles. The van der Waals surface area contributed by atoms with Crippen LogP contribution >= 0.6 is 7.82 Å². The van der Waals surface area contributed by atoms with E-state index >= 15 is 0 Å². The first kappa shape index (κ1) is 48.7. The Morgan fingerprint density at radius 1 is 0.596 bits per heavy atom. The Morgan fingerprint density at radius 2 is 1.02 bits per heavy atom. The van der Waals surface area contributed by atoms with Crippen molar-refractivity contribution in [3.63, 3.8) is 0 Å². The predicted molar refractivity (Wildman–Crippen MR) is 212 cm³/mol. The number of esters is 2. The van der Waals surface area contributed by atoms with Gasteiger partial charge in [-0.25, -0.2) is 0 Å². The standard InChI is InChI=1S/C42H66NO8P/c1-6-8-10-12-14-16-18-20-21-23-25-27-29-31-33-35-42(45)51-40(39-50-52(46,47)49-37-36-43(3,4)5)38-48-41(44)34-32-30-28-26-24-22-19-17-15-13-11-9-7-2/h8-11,14-17,20-22,24-25,27-28,30-31,33,40H,6-7,12-13,18-19,23,26,29,32,34-39H2,1-5H3/b10-8-,11-9-,16-14-,17-15-,21-20-,24-22-,27-25-,30-28-,33-31-. The van der Waals surface area contributed by atoms with Gasteiger partial charge in [-0.15, -0.1) is 0 Å². The zero-order valence-electron chi connectivity index (χ0n) is 32.4. The van der Waals surface area contributed by atoms with E-state index in [2.05, 4.69) is 92.8 Å². The van der Waals surface area contributed by atoms with Crippen molar-refractivity contribution in [2.75, 3.05) is 47.5 Å². The van der Waals surface area contributed by atoms with E-state index in [0.717, 1.165) is 51.4 Å². The third kappa shape index (κ3) is 36.5. The predicted octanol–water partition coefficient (Wildman–Crippen LogP) is 9.38. The number of carbonyl (C=O) groups excluding carboxylic acids is 2. The van der Waals surface area contributed by atoms with Crippen LogP contribution in [0.3, 0.4) is 0 Å². The van der Waals surface area contributed by atoms with Gasteiger partial charge in [-0.05, 0) is 64.2 Å². The number of nitrogens with zero attached hydrogens (tertiary/aromatic N) is 1. The molecule has 2 unspecified atom stereocenters. The lowest BCUT2D eigenvalue weighted by Gasteiger charge is -2.28. The van der Waals surface area contributed by atoms with Crippen LogP contribution in [0.2, 0.25) is 0 Å². The summed E-state index contributed by atoms with van der Waals surface area (Å²) >= 11 is 0. The molecule has 0 aromatic carbocycles. The van der Waals surface area contributed by atoms with Gasteiger partial charge in [0.2, 0.25) is 0 Å². The quantitative estimate of drug-likeness (QED) is 0.0299. The van der Waals surface area contributed by atoms with Gasteiger partial charge in [-0.2, -0.15) is 0 Å². The molecule has 0 aliphatic carbocycles. The summed E-state index contributed by atoms with van der Waals surface area (Å²) in [5.74, 6) is -1.09. The average molecular weight is 744 g/mol. The Bertz CT molecular complexity index is 1250. The molecular formula is C42H66NO8P. The van der Waals surface area contributed by atoms with Gasteiger partial charge < -0.3 is 27.9 Å². The molecule has 0 bridgehead atoms. The Morgan fingerprint density at radius 3 is 1.46 bits per heavy atom. The van der Waals surface area contributed by atoms with Crippen molar-refractivity contribution in [2.45, 2.75) is 97.0 Å². The number of quaternary nitrogens is 1. The molecule has 9 nitrogen and oxygen atoms in total. The van der Waals surface area contributed by atoms with Crippen molar-refractivity contribution in [2.24, 2.45) is 0 Å². The highest BCUT2D eigenvalue weighted by Crippen LogP contribution is 2.38. The zero-order chi connectivity index (χ0) is 38.6. The molecular weight excluding hydrogens is 677 g/mol. The van der Waals surface area contributed by atoms with Crippen LogP contribution in [0.15, 0.2) is 109 Å². The van der Waals surface area contributed by atoms with Crippen molar-refractivity contribution in [1.29, 1.82) is 0 Å². The second kappa shape index (κ2) is 33.5. The van der Waals surface area contributed by atoms with Crippen LogP contribution in [0.1, 0.15) is 90.9 Å². The van der Waals surface area contributed by atoms with Gasteiger partial charge in [-0.3, -0.25) is 14.2 Å². The summed E-state index contributed by atoms with van der Waals surface area (Å²) in [4.78, 5) is 37.2. The number of carbonyl (C=O) groups is 2. The summed E-state index contributed by atoms with van der Waals surface area (Å²) in [6.45, 7) is 3.74. The first-order chi connectivity index (χ1) is 25.0. The normalized spacial score (nSPS) is 15.0. The van der Waals surface area contributed by atoms with Crippen molar-refractivity contribution in [1.82, 2.24) is 0 Å². The third-order valence-electron chi connectivity index (χ3n) is 6.83. The molecule has 2 atom stereocenters. The van der Waals surface area contributed by atoms with E-state index in [1.165, 1.54) is 0 Å². The van der Waals surface area contributed by atoms with Crippen molar-refractivity contribution < 1.29 is 42.1 Å². The lowest BCUT2D eigenvalue weighted by Crippen LogP contribution is -2.37. The van der Waals surface area contributed by atoms with Crippen LogP contribution in [0.4, 0.5) is 0 Å². The molecule has 0 N–H and O–H groups in total. The van der Waals surface area contributed by atoms with Gasteiger partial charge in [0.05, 0.1) is 34.2 Å². The third-order valence-corrected chi connectivity index (χ3v) is 7.80. The molecule has 0 aliphatic heterocycles. The number of rotatable bonds is 31. The van der Waals surface area contributed by atoms with Crippen LogP contribution in [-0.2, 0) is 32.7 Å². The summed E-state index contributed by atoms with van der Waals surface area (Å²) in [5, 5.41) is 0. The Balaban J connectivity index is 4.74. The van der Waals surface area contributed by atoms with Gasteiger partial charge in [-0.1, -0.05) is 123 Å². The van der Waals surface area contributed by atoms with Crippen molar-refractivity contribution in [3.05, 3.63) is 109 Å². The Hall–Kier alpha value is -3.33. The van der Waals surface area contributed by atoms with Gasteiger partial charge in [0.25, 0.3) is 7.82 Å². The number of allylic oxidation sites excluding steroid dienone is 17. The van der Waals surface area contributed by atoms with Crippen LogP contribution in [0, 0.1) is 0 Å². The number of ether oxygens (including phenoxy) is 2. The largest absolute Gasteiger partial charge is 0.756 e. The van der Waals surface area contributed by atoms with Gasteiger partial charge in [0.1, 0.15) is 19.8 Å². The summed E-state index contributed by atoms with van der Waals surface area (Å²) in [6.07, 6.45) is 44.6. The molecule has 0 spiro atoms. The fraction of sp³-hybridized carbons (Fsp3) is 0.524. The topological polar surface area (TPSA) is 111 Å². The van der Waals surface area contributed by atoms with E-state index in [1.807, 2.05) is 45.4 Å². The van der Waals surface area contributed by atoms with Crippen molar-refractivity contribution in [3.8, 4) is 0 Å². The monoisotopic (exact) mass is 743 g/mol. The van der Waals surface area contributed by atoms with E-state index in [9.17, 15) is 19.0 Å². The first-order valence-electron chi connectivity index (χ1n) is 18.6. The number of phosphoric acid groups is 1. The van der Waals surface area contributed by atoms with Crippen LogP contribution in [0.5, 0.6) is 0 Å². The van der Waals surface area contributed by atoms with Crippen molar-refractivity contribution >= 4 is 19.8 Å². The molecule has 0 radical (unpaired) electrons. The molecule has 0 aromatic rings. The maximum Gasteiger partial charge on any atom is 0.310 e. The van der Waals surface area contributed by atoms with E-state index in [4.69, 9.17) is 18.5 Å². The summed E-state index contributed by atoms with van der Waals surface area (Å²) in [6, 6.07) is 0. The van der Waals surface area contributed by atoms with E-state index in [1.54, 1.807) is 6.08 Å². The molecule has 52 heavy (non-hydrogen) atoms. The number of phosphoric ester groups is 1. The van der Waals surface area contributed by atoms with E-state index in [-0.39, 0.29) is 26.1 Å². The molecule has 10 heteroatoms. The minimum Gasteiger partial charge on any atom is -0.756 e. The number of hydrogen-bond donors (Lipinski definition) is 0. The van der Waals surface area contributed by atoms with Gasteiger partial charge in [0, 0.05) is 6.42 Å². The number of hydrogen-bond acceptors (Lipinski definition) is 8. The SMILES string of the molecule is CC/C=C\C/C=C\C/C=C\C/C=C\C/C=C\CC(=O)OC(COC(=O)CC/C=C\C/C=C\C/C=C\C/C=C\CC)COP(=O)([O-])OCC[N+](C)(C)C. The van der Waals surface area contributed by atoms with Gasteiger partial charge in [0.15, 0.2) is 6.10 Å². The average Bonchev–Trinajstić information content (AvgIpc) is 3.09. The molecule has 0 fully saturated rings. The maximum absolute atomic E-state index is 12.5. The lowest BCUT2D eigenvalue weighted by molar-refractivity contribution is -0.870. The summed E-state index contributed by atoms with van der Waals surface area (Å²) in [7, 11) is 1.05. The molecule has 0 aliphatic rings. The van der Waals surface area contributed by atoms with Crippen LogP contribution in [-0.4, -0.2) is 70.0 Å². The zero-order valence-corrected chi connectivity index (χ0v) is 33.3. The molecule has 0 aromatic heterocycles. The Labute approximate surface area is 315 Å². The van der Waals surface area contributed by atoms with Crippen LogP contribution < -0.4 is 4.89 Å². The highest BCUT2D eigenvalue weighted by Gasteiger charge is 2.21. The second-order valence-electron chi connectivity index (χ2n) is 12.8. The number of likely N-dealkylation sites (N-methyl/N-ethyl adjacent to an activating group) is 1. The van der Waals surface area contributed by atoms with E-state index in [0.29, 0.717) is 23.9 Å². The summed E-state index contributed by atoms with van der Waals surface area (Å²) < 4.78 is 33.5. The lowest BCUT2D eigenvalue weighted by atomic mass is 10.2. The highest BCUT2D eigenvalue weighted by molar-refractivity contribution is 7.45. The maximum atomic E-state index is 12.5. The first-order valence-corrected chi connectivity index (χ1v) is 20.1. The molecule has 0 heterocycles. The fourth-order valence-electron chi connectivity index (χ4n) is 3.98. The minimum absolute atomic E-state index is 0.0289. The molecule has 0 rings (SSSR count). The smallest absolute Gasteiger partial charge is 0.310 e. The second-order valence-corrected chi connectivity index (χ2v) is 14.2. The summed E-state index contributed by atoms with van der Waals surface area (Å²) in [5.41, 5.74) is 0. The minimum atomic E-state index is -4.67. The molecule has 0 saturated heterocycles.